The van der Waals surface area contributed by atoms with Gasteiger partial charge in [-0.15, -0.1) is 0 Å². The fraction of sp³-hybridized carbons (Fsp3) is 0.355. The molecule has 1 saturated heterocycles. The predicted octanol–water partition coefficient (Wildman–Crippen LogP) is 5.24. The van der Waals surface area contributed by atoms with Gasteiger partial charge in [0.15, 0.2) is 17.7 Å². The number of Topliss-reactive ketones (excluding diaryl/α,β-unsaturated/α-hetero) is 1. The molecule has 7 heteroatoms. The van der Waals surface area contributed by atoms with E-state index in [0.29, 0.717) is 34.4 Å². The lowest BCUT2D eigenvalue weighted by Gasteiger charge is -2.52. The molecule has 2 aliphatic heterocycles. The molecule has 3 aliphatic rings. The van der Waals surface area contributed by atoms with Gasteiger partial charge in [0, 0.05) is 35.1 Å². The van der Waals surface area contributed by atoms with E-state index in [0.717, 1.165) is 21.9 Å². The van der Waals surface area contributed by atoms with Gasteiger partial charge < -0.3 is 19.6 Å². The standard InChI is InChI=1S/C31H29NO6/c1-15-5-8-19-18(13-15)7-9-21-25(19)28(35)22-11-10-20-23-14-31(4,32-27(20)26(22)29(21)36)30(17(3)37-23)38-24(34)12-6-16(2)33/h5,7-11,13,17,23,30,32H,6,12,14H2,1-4H3. The number of hydrogen-bond donors (Lipinski definition) is 1. The van der Waals surface area contributed by atoms with Gasteiger partial charge in [-0.25, -0.2) is 0 Å². The number of fused-ring (bicyclic) bond motifs is 9. The van der Waals surface area contributed by atoms with Gasteiger partial charge in [0.1, 0.15) is 5.78 Å². The Labute approximate surface area is 220 Å². The number of esters is 1. The van der Waals surface area contributed by atoms with E-state index in [1.54, 1.807) is 12.1 Å². The van der Waals surface area contributed by atoms with Crippen LogP contribution in [-0.2, 0) is 19.1 Å². The van der Waals surface area contributed by atoms with Crippen LogP contribution in [0.15, 0.2) is 42.5 Å². The minimum atomic E-state index is -0.735. The van der Waals surface area contributed by atoms with Crippen LogP contribution in [0.4, 0.5) is 5.69 Å². The highest BCUT2D eigenvalue weighted by molar-refractivity contribution is 6.33. The summed E-state index contributed by atoms with van der Waals surface area (Å²) in [5.41, 5.74) is 3.23. The normalized spacial score (nSPS) is 25.2. The number of ether oxygens (including phenoxy) is 2. The average Bonchev–Trinajstić information content (AvgIpc) is 2.87. The van der Waals surface area contributed by atoms with Gasteiger partial charge in [-0.2, -0.15) is 0 Å². The molecule has 1 N–H and O–H groups in total. The summed E-state index contributed by atoms with van der Waals surface area (Å²) in [6.45, 7) is 7.24. The fourth-order valence-corrected chi connectivity index (χ4v) is 6.29. The lowest BCUT2D eigenvalue weighted by Crippen LogP contribution is -2.61. The maximum absolute atomic E-state index is 14.0. The summed E-state index contributed by atoms with van der Waals surface area (Å²) in [6.07, 6.45) is -0.736. The number of hydrogen-bond acceptors (Lipinski definition) is 7. The third-order valence-electron chi connectivity index (χ3n) is 8.10. The first kappa shape index (κ1) is 24.5. The highest BCUT2D eigenvalue weighted by Crippen LogP contribution is 2.50. The zero-order chi connectivity index (χ0) is 26.9. The summed E-state index contributed by atoms with van der Waals surface area (Å²) in [7, 11) is 0. The summed E-state index contributed by atoms with van der Waals surface area (Å²) in [4.78, 5) is 51.7. The van der Waals surface area contributed by atoms with Gasteiger partial charge >= 0.3 is 5.97 Å². The van der Waals surface area contributed by atoms with Gasteiger partial charge in [0.05, 0.1) is 35.4 Å². The molecule has 1 aliphatic carbocycles. The van der Waals surface area contributed by atoms with Crippen LogP contribution >= 0.6 is 0 Å². The Bertz CT molecular complexity index is 1570. The van der Waals surface area contributed by atoms with Gasteiger partial charge in [0.2, 0.25) is 0 Å². The van der Waals surface area contributed by atoms with Crippen LogP contribution in [0.5, 0.6) is 0 Å². The quantitative estimate of drug-likeness (QED) is 0.374. The van der Waals surface area contributed by atoms with Crippen LogP contribution in [0, 0.1) is 6.92 Å². The Morgan fingerprint density at radius 1 is 1.03 bits per heavy atom. The first-order valence-electron chi connectivity index (χ1n) is 13.0. The van der Waals surface area contributed by atoms with Gasteiger partial charge in [-0.3, -0.25) is 14.4 Å². The fourth-order valence-electron chi connectivity index (χ4n) is 6.29. The van der Waals surface area contributed by atoms with E-state index in [1.807, 2.05) is 51.1 Å². The number of rotatable bonds is 4. The second kappa shape index (κ2) is 8.60. The lowest BCUT2D eigenvalue weighted by molar-refractivity contribution is -0.183. The molecule has 0 saturated carbocycles. The summed E-state index contributed by atoms with van der Waals surface area (Å²) >= 11 is 0. The molecule has 194 valence electrons. The predicted molar refractivity (Wildman–Crippen MR) is 142 cm³/mol. The van der Waals surface area contributed by atoms with E-state index in [2.05, 4.69) is 5.32 Å². The van der Waals surface area contributed by atoms with Crippen molar-refractivity contribution in [1.82, 2.24) is 0 Å². The van der Waals surface area contributed by atoms with Crippen molar-refractivity contribution < 1.29 is 28.7 Å². The minimum absolute atomic E-state index is 0.00129. The van der Waals surface area contributed by atoms with Crippen LogP contribution in [0.3, 0.4) is 0 Å². The molecule has 0 spiro atoms. The molecule has 4 unspecified atom stereocenters. The number of benzene rings is 3. The minimum Gasteiger partial charge on any atom is -0.457 e. The van der Waals surface area contributed by atoms with Crippen molar-refractivity contribution in [1.29, 1.82) is 0 Å². The molecule has 0 aromatic heterocycles. The molecule has 3 aromatic rings. The molecule has 2 heterocycles. The van der Waals surface area contributed by atoms with Crippen molar-refractivity contribution in [2.24, 2.45) is 0 Å². The van der Waals surface area contributed by atoms with Gasteiger partial charge in [0.25, 0.3) is 0 Å². The van der Waals surface area contributed by atoms with Gasteiger partial charge in [-0.1, -0.05) is 35.9 Å². The smallest absolute Gasteiger partial charge is 0.306 e. The molecule has 1 fully saturated rings. The maximum Gasteiger partial charge on any atom is 0.306 e. The van der Waals surface area contributed by atoms with E-state index in [1.165, 1.54) is 6.92 Å². The van der Waals surface area contributed by atoms with Crippen molar-refractivity contribution in [3.8, 4) is 0 Å². The summed E-state index contributed by atoms with van der Waals surface area (Å²) in [6, 6.07) is 13.1. The van der Waals surface area contributed by atoms with Crippen molar-refractivity contribution in [2.45, 2.75) is 70.8 Å². The SMILES string of the molecule is CC(=O)CCC(=O)OC1C(C)OC2CC1(C)Nc1c2ccc2c1C(=O)c1ccc3cc(C)ccc3c1C2=O. The highest BCUT2D eigenvalue weighted by atomic mass is 16.6. The van der Waals surface area contributed by atoms with Crippen molar-refractivity contribution in [2.75, 3.05) is 5.32 Å². The number of aryl methyl sites for hydroxylation is 1. The largest absolute Gasteiger partial charge is 0.457 e. The third-order valence-corrected chi connectivity index (χ3v) is 8.10. The van der Waals surface area contributed by atoms with E-state index in [4.69, 9.17) is 9.47 Å². The lowest BCUT2D eigenvalue weighted by atomic mass is 9.73. The molecule has 0 amide bonds. The molecule has 0 radical (unpaired) electrons. The molecule has 2 bridgehead atoms. The average molecular weight is 512 g/mol. The number of carbonyl (C=O) groups is 4. The van der Waals surface area contributed by atoms with Crippen LogP contribution in [0.25, 0.3) is 10.8 Å². The molecule has 4 atom stereocenters. The highest BCUT2D eigenvalue weighted by Gasteiger charge is 2.52. The Morgan fingerprint density at radius 3 is 2.50 bits per heavy atom. The second-order valence-electron chi connectivity index (χ2n) is 11.0. The first-order chi connectivity index (χ1) is 18.1. The van der Waals surface area contributed by atoms with Crippen LogP contribution in [0.1, 0.15) is 89.1 Å². The third kappa shape index (κ3) is 3.68. The van der Waals surface area contributed by atoms with Gasteiger partial charge in [-0.05, 0) is 50.6 Å². The van der Waals surface area contributed by atoms with Crippen LogP contribution in [-0.4, -0.2) is 41.1 Å². The number of nitrogens with one attached hydrogen (secondary N) is 1. The maximum atomic E-state index is 14.0. The second-order valence-corrected chi connectivity index (χ2v) is 11.0. The molecule has 7 nitrogen and oxygen atoms in total. The monoisotopic (exact) mass is 511 g/mol. The molecule has 6 rings (SSSR count). The summed E-state index contributed by atoms with van der Waals surface area (Å²) < 4.78 is 12.1. The summed E-state index contributed by atoms with van der Waals surface area (Å²) in [5.74, 6) is -0.946. The van der Waals surface area contributed by atoms with E-state index >= 15 is 0 Å². The molecular formula is C31H29NO6. The van der Waals surface area contributed by atoms with Crippen molar-refractivity contribution >= 4 is 39.8 Å². The number of carbonyl (C=O) groups excluding carboxylic acids is 4. The Kier molecular flexibility index (Phi) is 5.54. The molecule has 38 heavy (non-hydrogen) atoms. The number of anilines is 1. The van der Waals surface area contributed by atoms with E-state index in [-0.39, 0.29) is 36.3 Å². The Balaban J connectivity index is 1.42. The number of ketones is 3. The molecule has 3 aromatic carbocycles. The van der Waals surface area contributed by atoms with Crippen LogP contribution in [0.2, 0.25) is 0 Å². The molecular weight excluding hydrogens is 482 g/mol. The van der Waals surface area contributed by atoms with Crippen molar-refractivity contribution in [3.05, 3.63) is 75.8 Å². The van der Waals surface area contributed by atoms with E-state index < -0.39 is 23.7 Å². The Morgan fingerprint density at radius 2 is 1.74 bits per heavy atom. The Hall–Kier alpha value is -3.84. The van der Waals surface area contributed by atoms with E-state index in [9.17, 15) is 19.2 Å². The first-order valence-corrected chi connectivity index (χ1v) is 13.0. The van der Waals surface area contributed by atoms with Crippen molar-refractivity contribution in [3.63, 3.8) is 0 Å². The summed E-state index contributed by atoms with van der Waals surface area (Å²) in [5, 5.41) is 5.20. The zero-order valence-electron chi connectivity index (χ0n) is 21.8. The topological polar surface area (TPSA) is 98.8 Å². The zero-order valence-corrected chi connectivity index (χ0v) is 21.8. The van der Waals surface area contributed by atoms with Crippen LogP contribution < -0.4 is 5.32 Å².